The molecule has 27 heavy (non-hydrogen) atoms. The molecular formula is C20H22ClNO4S. The van der Waals surface area contributed by atoms with E-state index in [-0.39, 0.29) is 23.5 Å². The Labute approximate surface area is 164 Å². The fourth-order valence-electron chi connectivity index (χ4n) is 3.20. The minimum Gasteiger partial charge on any atom is -0.494 e. The van der Waals surface area contributed by atoms with Crippen LogP contribution in [0.4, 0.5) is 0 Å². The molecule has 3 rings (SSSR count). The number of hydrogen-bond donors (Lipinski definition) is 0. The van der Waals surface area contributed by atoms with Gasteiger partial charge in [0.2, 0.25) is 0 Å². The first-order chi connectivity index (χ1) is 12.9. The number of nitrogens with zero attached hydrogens (tertiary/aromatic N) is 1. The third kappa shape index (κ3) is 5.02. The van der Waals surface area contributed by atoms with Crippen LogP contribution in [0.2, 0.25) is 5.02 Å². The molecule has 1 saturated heterocycles. The summed E-state index contributed by atoms with van der Waals surface area (Å²) in [6.07, 6.45) is 0.457. The van der Waals surface area contributed by atoms with Crippen LogP contribution in [0.5, 0.6) is 5.75 Å². The molecule has 1 fully saturated rings. The smallest absolute Gasteiger partial charge is 0.254 e. The average molecular weight is 408 g/mol. The summed E-state index contributed by atoms with van der Waals surface area (Å²) in [6, 6.07) is 13.8. The molecule has 0 aliphatic carbocycles. The predicted molar refractivity (Wildman–Crippen MR) is 106 cm³/mol. The molecule has 0 bridgehead atoms. The number of benzene rings is 2. The lowest BCUT2D eigenvalue weighted by Crippen LogP contribution is -2.40. The second-order valence-electron chi connectivity index (χ2n) is 6.57. The number of rotatable bonds is 6. The van der Waals surface area contributed by atoms with Gasteiger partial charge in [0.05, 0.1) is 18.1 Å². The monoisotopic (exact) mass is 407 g/mol. The van der Waals surface area contributed by atoms with Crippen LogP contribution in [0.1, 0.15) is 29.3 Å². The normalized spacial score (nSPS) is 18.2. The predicted octanol–water partition coefficient (Wildman–Crippen LogP) is 3.57. The first-order valence-corrected chi connectivity index (χ1v) is 11.1. The summed E-state index contributed by atoms with van der Waals surface area (Å²) in [6.45, 7) is 2.84. The van der Waals surface area contributed by atoms with Crippen LogP contribution in [0.25, 0.3) is 0 Å². The van der Waals surface area contributed by atoms with Gasteiger partial charge in [-0.25, -0.2) is 8.42 Å². The summed E-state index contributed by atoms with van der Waals surface area (Å²) < 4.78 is 29.3. The highest BCUT2D eigenvalue weighted by atomic mass is 35.5. The number of carbonyl (C=O) groups excluding carboxylic acids is 1. The quantitative estimate of drug-likeness (QED) is 0.734. The molecule has 0 N–H and O–H groups in total. The molecule has 1 atom stereocenters. The zero-order valence-electron chi connectivity index (χ0n) is 15.1. The van der Waals surface area contributed by atoms with Crippen molar-refractivity contribution < 1.29 is 17.9 Å². The molecule has 0 radical (unpaired) electrons. The topological polar surface area (TPSA) is 63.7 Å². The zero-order valence-corrected chi connectivity index (χ0v) is 16.7. The van der Waals surface area contributed by atoms with Crippen molar-refractivity contribution in [1.82, 2.24) is 4.90 Å². The van der Waals surface area contributed by atoms with Gasteiger partial charge < -0.3 is 9.64 Å². The van der Waals surface area contributed by atoms with Crippen LogP contribution in [0.3, 0.4) is 0 Å². The Balaban J connectivity index is 1.85. The van der Waals surface area contributed by atoms with Crippen molar-refractivity contribution in [3.05, 3.63) is 64.7 Å². The third-order valence-electron chi connectivity index (χ3n) is 4.59. The standard InChI is InChI=1S/C20H22ClNO4S/c1-2-26-19-9-3-15(4-10-19)13-22(18-11-12-27(24,25)14-18)20(23)16-5-7-17(21)8-6-16/h3-10,18H,2,11-14H2,1H3. The second kappa shape index (κ2) is 8.31. The molecule has 2 aromatic carbocycles. The molecule has 1 heterocycles. The Bertz CT molecular complexity index is 895. The van der Waals surface area contributed by atoms with Gasteiger partial charge in [-0.2, -0.15) is 0 Å². The number of sulfone groups is 1. The van der Waals surface area contributed by atoms with E-state index >= 15 is 0 Å². The van der Waals surface area contributed by atoms with Gasteiger partial charge in [-0.1, -0.05) is 23.7 Å². The van der Waals surface area contributed by atoms with Gasteiger partial charge in [-0.05, 0) is 55.3 Å². The van der Waals surface area contributed by atoms with Gasteiger partial charge in [0.1, 0.15) is 5.75 Å². The summed E-state index contributed by atoms with van der Waals surface area (Å²) in [7, 11) is -3.10. The Morgan fingerprint density at radius 1 is 1.15 bits per heavy atom. The maximum absolute atomic E-state index is 13.1. The molecule has 0 spiro atoms. The molecule has 1 unspecified atom stereocenters. The van der Waals surface area contributed by atoms with Crippen LogP contribution in [0, 0.1) is 0 Å². The van der Waals surface area contributed by atoms with Crippen LogP contribution in [-0.2, 0) is 16.4 Å². The van der Waals surface area contributed by atoms with Crippen LogP contribution in [0.15, 0.2) is 48.5 Å². The van der Waals surface area contributed by atoms with Crippen molar-refractivity contribution in [3.63, 3.8) is 0 Å². The number of carbonyl (C=O) groups is 1. The van der Waals surface area contributed by atoms with Crippen molar-refractivity contribution in [2.24, 2.45) is 0 Å². The van der Waals surface area contributed by atoms with Crippen LogP contribution < -0.4 is 4.74 Å². The summed E-state index contributed by atoms with van der Waals surface area (Å²) >= 11 is 5.91. The first kappa shape index (κ1) is 19.7. The van der Waals surface area contributed by atoms with Crippen molar-refractivity contribution in [2.75, 3.05) is 18.1 Å². The van der Waals surface area contributed by atoms with Gasteiger partial charge in [0.15, 0.2) is 9.84 Å². The lowest BCUT2D eigenvalue weighted by Gasteiger charge is -2.28. The fraction of sp³-hybridized carbons (Fsp3) is 0.350. The minimum absolute atomic E-state index is 0.00333. The summed E-state index contributed by atoms with van der Waals surface area (Å²) in [5.74, 6) is 0.692. The van der Waals surface area contributed by atoms with E-state index < -0.39 is 9.84 Å². The van der Waals surface area contributed by atoms with E-state index in [1.807, 2.05) is 31.2 Å². The molecule has 7 heteroatoms. The van der Waals surface area contributed by atoms with Gasteiger partial charge in [-0.3, -0.25) is 4.79 Å². The molecule has 5 nitrogen and oxygen atoms in total. The molecule has 1 amide bonds. The Hall–Kier alpha value is -2.05. The largest absolute Gasteiger partial charge is 0.494 e. The van der Waals surface area contributed by atoms with E-state index in [1.54, 1.807) is 29.2 Å². The Morgan fingerprint density at radius 2 is 1.81 bits per heavy atom. The van der Waals surface area contributed by atoms with E-state index in [2.05, 4.69) is 0 Å². The van der Waals surface area contributed by atoms with Crippen molar-refractivity contribution in [3.8, 4) is 5.75 Å². The highest BCUT2D eigenvalue weighted by Gasteiger charge is 2.35. The van der Waals surface area contributed by atoms with E-state index in [0.29, 0.717) is 30.2 Å². The zero-order chi connectivity index (χ0) is 19.4. The maximum Gasteiger partial charge on any atom is 0.254 e. The SMILES string of the molecule is CCOc1ccc(CN(C(=O)c2ccc(Cl)cc2)C2CCS(=O)(=O)C2)cc1. The molecule has 2 aromatic rings. The lowest BCUT2D eigenvalue weighted by atomic mass is 10.1. The summed E-state index contributed by atoms with van der Waals surface area (Å²) in [4.78, 5) is 14.7. The highest BCUT2D eigenvalue weighted by molar-refractivity contribution is 7.91. The molecule has 1 aliphatic rings. The van der Waals surface area contributed by atoms with Crippen molar-refractivity contribution in [1.29, 1.82) is 0 Å². The van der Waals surface area contributed by atoms with E-state index in [1.165, 1.54) is 0 Å². The average Bonchev–Trinajstić information content (AvgIpc) is 3.01. The molecule has 1 aliphatic heterocycles. The van der Waals surface area contributed by atoms with Crippen LogP contribution in [-0.4, -0.2) is 43.4 Å². The number of amides is 1. The number of halogens is 1. The summed E-state index contributed by atoms with van der Waals surface area (Å²) in [5.41, 5.74) is 1.42. The van der Waals surface area contributed by atoms with E-state index in [4.69, 9.17) is 16.3 Å². The molecule has 0 saturated carbocycles. The number of ether oxygens (including phenoxy) is 1. The second-order valence-corrected chi connectivity index (χ2v) is 9.24. The molecule has 0 aromatic heterocycles. The first-order valence-electron chi connectivity index (χ1n) is 8.86. The van der Waals surface area contributed by atoms with Crippen molar-refractivity contribution in [2.45, 2.75) is 25.9 Å². The molecule has 144 valence electrons. The fourth-order valence-corrected chi connectivity index (χ4v) is 5.06. The minimum atomic E-state index is -3.10. The Morgan fingerprint density at radius 3 is 2.37 bits per heavy atom. The van der Waals surface area contributed by atoms with Gasteiger partial charge in [0.25, 0.3) is 5.91 Å². The highest BCUT2D eigenvalue weighted by Crippen LogP contribution is 2.24. The van der Waals surface area contributed by atoms with Gasteiger partial charge >= 0.3 is 0 Å². The van der Waals surface area contributed by atoms with Crippen molar-refractivity contribution >= 4 is 27.3 Å². The number of hydrogen-bond acceptors (Lipinski definition) is 4. The third-order valence-corrected chi connectivity index (χ3v) is 6.59. The Kier molecular flexibility index (Phi) is 6.07. The van der Waals surface area contributed by atoms with E-state index in [0.717, 1.165) is 11.3 Å². The van der Waals surface area contributed by atoms with E-state index in [9.17, 15) is 13.2 Å². The van der Waals surface area contributed by atoms with Gasteiger partial charge in [0, 0.05) is 23.2 Å². The van der Waals surface area contributed by atoms with Gasteiger partial charge in [-0.15, -0.1) is 0 Å². The molecular weight excluding hydrogens is 386 g/mol. The summed E-state index contributed by atoms with van der Waals surface area (Å²) in [5, 5.41) is 0.549. The lowest BCUT2D eigenvalue weighted by molar-refractivity contribution is 0.0681. The maximum atomic E-state index is 13.1. The van der Waals surface area contributed by atoms with Crippen LogP contribution >= 0.6 is 11.6 Å².